The van der Waals surface area contributed by atoms with E-state index in [1.807, 2.05) is 30.3 Å². The average molecular weight is 253 g/mol. The molecule has 1 aromatic heterocycles. The molecule has 0 radical (unpaired) electrons. The van der Waals surface area contributed by atoms with Gasteiger partial charge in [0.25, 0.3) is 0 Å². The highest BCUT2D eigenvalue weighted by atomic mass is 16.5. The molecule has 0 aliphatic rings. The molecule has 0 N–H and O–H groups in total. The van der Waals surface area contributed by atoms with Crippen LogP contribution >= 0.6 is 0 Å². The van der Waals surface area contributed by atoms with Gasteiger partial charge in [0.1, 0.15) is 12.1 Å². The minimum absolute atomic E-state index is 0.244. The Bertz CT molecular complexity index is 703. The highest BCUT2D eigenvalue weighted by Gasteiger charge is 2.14. The van der Waals surface area contributed by atoms with E-state index >= 15 is 0 Å². The maximum absolute atomic E-state index is 12.0. The molecule has 0 fully saturated rings. The van der Waals surface area contributed by atoms with Gasteiger partial charge in [-0.25, -0.2) is 9.78 Å². The number of rotatable bonds is 3. The van der Waals surface area contributed by atoms with E-state index in [0.717, 1.165) is 5.56 Å². The number of hydrogen-bond acceptors (Lipinski definition) is 4. The molecule has 3 rings (SSSR count). The van der Waals surface area contributed by atoms with Crippen LogP contribution in [-0.2, 0) is 11.3 Å². The van der Waals surface area contributed by atoms with Gasteiger partial charge in [-0.2, -0.15) is 0 Å². The lowest BCUT2D eigenvalue weighted by Gasteiger charge is -2.05. The fourth-order valence-electron chi connectivity index (χ4n) is 1.85. The summed E-state index contributed by atoms with van der Waals surface area (Å²) in [5, 5.41) is 0. The Hall–Kier alpha value is -2.62. The van der Waals surface area contributed by atoms with Crippen LogP contribution in [0.3, 0.4) is 0 Å². The lowest BCUT2D eigenvalue weighted by Crippen LogP contribution is -2.05. The maximum Gasteiger partial charge on any atom is 0.340 e. The van der Waals surface area contributed by atoms with Gasteiger partial charge < -0.3 is 9.15 Å². The number of carbonyl (C=O) groups is 1. The lowest BCUT2D eigenvalue weighted by molar-refractivity contribution is 0.0475. The van der Waals surface area contributed by atoms with Gasteiger partial charge in [-0.3, -0.25) is 0 Å². The standard InChI is InChI=1S/C15H11NO3/c17-15(18-9-11-5-2-1-3-6-11)12-7-4-8-13-14(12)16-10-19-13/h1-8,10H,9H2. The zero-order valence-corrected chi connectivity index (χ0v) is 10.1. The summed E-state index contributed by atoms with van der Waals surface area (Å²) in [5.74, 6) is -0.400. The summed E-state index contributed by atoms with van der Waals surface area (Å²) in [6, 6.07) is 14.7. The molecule has 3 aromatic rings. The molecule has 4 nitrogen and oxygen atoms in total. The normalized spacial score (nSPS) is 10.5. The van der Waals surface area contributed by atoms with E-state index in [9.17, 15) is 4.79 Å². The van der Waals surface area contributed by atoms with Gasteiger partial charge in [-0.1, -0.05) is 36.4 Å². The zero-order valence-electron chi connectivity index (χ0n) is 10.1. The highest BCUT2D eigenvalue weighted by Crippen LogP contribution is 2.18. The second kappa shape index (κ2) is 4.94. The van der Waals surface area contributed by atoms with Crippen LogP contribution in [0.4, 0.5) is 0 Å². The van der Waals surface area contributed by atoms with Crippen LogP contribution in [0.25, 0.3) is 11.1 Å². The number of para-hydroxylation sites is 1. The molecule has 0 amide bonds. The van der Waals surface area contributed by atoms with Crippen molar-refractivity contribution in [2.75, 3.05) is 0 Å². The number of benzene rings is 2. The quantitative estimate of drug-likeness (QED) is 0.673. The molecular weight excluding hydrogens is 242 g/mol. The monoisotopic (exact) mass is 253 g/mol. The molecule has 2 aromatic carbocycles. The number of carbonyl (C=O) groups excluding carboxylic acids is 1. The van der Waals surface area contributed by atoms with E-state index in [2.05, 4.69) is 4.98 Å². The Morgan fingerprint density at radius 1 is 1.11 bits per heavy atom. The molecule has 0 spiro atoms. The van der Waals surface area contributed by atoms with Gasteiger partial charge in [-0.05, 0) is 17.7 Å². The van der Waals surface area contributed by atoms with Crippen molar-refractivity contribution in [3.8, 4) is 0 Å². The number of hydrogen-bond donors (Lipinski definition) is 0. The lowest BCUT2D eigenvalue weighted by atomic mass is 10.2. The molecule has 1 heterocycles. The minimum Gasteiger partial charge on any atom is -0.457 e. The largest absolute Gasteiger partial charge is 0.457 e. The van der Waals surface area contributed by atoms with Gasteiger partial charge in [-0.15, -0.1) is 0 Å². The molecule has 0 bridgehead atoms. The molecular formula is C15H11NO3. The Balaban J connectivity index is 1.79. The van der Waals surface area contributed by atoms with Crippen molar-refractivity contribution >= 4 is 17.1 Å². The van der Waals surface area contributed by atoms with Gasteiger partial charge >= 0.3 is 5.97 Å². The summed E-state index contributed by atoms with van der Waals surface area (Å²) >= 11 is 0. The van der Waals surface area contributed by atoms with E-state index in [4.69, 9.17) is 9.15 Å². The van der Waals surface area contributed by atoms with E-state index in [-0.39, 0.29) is 6.61 Å². The molecule has 19 heavy (non-hydrogen) atoms. The van der Waals surface area contributed by atoms with Crippen molar-refractivity contribution in [2.24, 2.45) is 0 Å². The summed E-state index contributed by atoms with van der Waals surface area (Å²) in [5.41, 5.74) is 2.47. The maximum atomic E-state index is 12.0. The number of esters is 1. The first kappa shape index (κ1) is 11.5. The second-order valence-electron chi connectivity index (χ2n) is 4.07. The van der Waals surface area contributed by atoms with Crippen LogP contribution in [-0.4, -0.2) is 11.0 Å². The Morgan fingerprint density at radius 2 is 1.95 bits per heavy atom. The summed E-state index contributed by atoms with van der Waals surface area (Å²) in [6.45, 7) is 0.244. The van der Waals surface area contributed by atoms with Crippen LogP contribution in [0.2, 0.25) is 0 Å². The first-order valence-corrected chi connectivity index (χ1v) is 5.88. The van der Waals surface area contributed by atoms with E-state index in [0.29, 0.717) is 16.7 Å². The van der Waals surface area contributed by atoms with Crippen LogP contribution < -0.4 is 0 Å². The van der Waals surface area contributed by atoms with Crippen molar-refractivity contribution in [3.63, 3.8) is 0 Å². The predicted octanol–water partition coefficient (Wildman–Crippen LogP) is 3.18. The SMILES string of the molecule is O=C(OCc1ccccc1)c1cccc2ocnc12. The smallest absolute Gasteiger partial charge is 0.340 e. The molecule has 4 heteroatoms. The van der Waals surface area contributed by atoms with Crippen LogP contribution in [0.15, 0.2) is 59.3 Å². The molecule has 0 saturated carbocycles. The van der Waals surface area contributed by atoms with E-state index < -0.39 is 5.97 Å². The third-order valence-electron chi connectivity index (χ3n) is 2.79. The number of nitrogens with zero attached hydrogens (tertiary/aromatic N) is 1. The number of fused-ring (bicyclic) bond motifs is 1. The van der Waals surface area contributed by atoms with Crippen molar-refractivity contribution in [2.45, 2.75) is 6.61 Å². The summed E-state index contributed by atoms with van der Waals surface area (Å²) in [6.07, 6.45) is 1.32. The summed E-state index contributed by atoms with van der Waals surface area (Å²) in [4.78, 5) is 16.1. The van der Waals surface area contributed by atoms with Crippen LogP contribution in [0, 0.1) is 0 Å². The first-order valence-electron chi connectivity index (χ1n) is 5.88. The first-order chi connectivity index (χ1) is 9.34. The van der Waals surface area contributed by atoms with Crippen molar-refractivity contribution in [1.29, 1.82) is 0 Å². The van der Waals surface area contributed by atoms with Crippen molar-refractivity contribution in [3.05, 3.63) is 66.1 Å². The molecule has 0 saturated heterocycles. The van der Waals surface area contributed by atoms with Gasteiger partial charge in [0.05, 0.1) is 5.56 Å². The number of ether oxygens (including phenoxy) is 1. The Morgan fingerprint density at radius 3 is 2.79 bits per heavy atom. The Kier molecular flexibility index (Phi) is 2.98. The van der Waals surface area contributed by atoms with Crippen LogP contribution in [0.1, 0.15) is 15.9 Å². The Labute approximate surface area is 109 Å². The molecule has 0 unspecified atom stereocenters. The van der Waals surface area contributed by atoms with Crippen molar-refractivity contribution < 1.29 is 13.9 Å². The van der Waals surface area contributed by atoms with Crippen molar-refractivity contribution in [1.82, 2.24) is 4.98 Å². The molecule has 0 aliphatic heterocycles. The fraction of sp³-hybridized carbons (Fsp3) is 0.0667. The molecule has 94 valence electrons. The average Bonchev–Trinajstić information content (AvgIpc) is 2.94. The predicted molar refractivity (Wildman–Crippen MR) is 69.6 cm³/mol. The fourth-order valence-corrected chi connectivity index (χ4v) is 1.85. The van der Waals surface area contributed by atoms with E-state index in [1.165, 1.54) is 6.39 Å². The minimum atomic E-state index is -0.400. The third-order valence-corrected chi connectivity index (χ3v) is 2.79. The summed E-state index contributed by atoms with van der Waals surface area (Å²) < 4.78 is 10.4. The third kappa shape index (κ3) is 2.33. The molecule has 0 atom stereocenters. The number of oxazole rings is 1. The van der Waals surface area contributed by atoms with Gasteiger partial charge in [0.2, 0.25) is 0 Å². The second-order valence-corrected chi connectivity index (χ2v) is 4.07. The molecule has 0 aliphatic carbocycles. The van der Waals surface area contributed by atoms with Gasteiger partial charge in [0.15, 0.2) is 12.0 Å². The summed E-state index contributed by atoms with van der Waals surface area (Å²) in [7, 11) is 0. The topological polar surface area (TPSA) is 52.3 Å². The number of aromatic nitrogens is 1. The van der Waals surface area contributed by atoms with E-state index in [1.54, 1.807) is 18.2 Å². The highest BCUT2D eigenvalue weighted by molar-refractivity contribution is 6.01. The van der Waals surface area contributed by atoms with Gasteiger partial charge in [0, 0.05) is 0 Å². The zero-order chi connectivity index (χ0) is 13.1. The van der Waals surface area contributed by atoms with Crippen LogP contribution in [0.5, 0.6) is 0 Å².